The fourth-order valence-electron chi connectivity index (χ4n) is 3.42. The van der Waals surface area contributed by atoms with E-state index < -0.39 is 4.92 Å². The number of ether oxygens (including phenoxy) is 1. The number of non-ortho nitro benzene ring substituents is 1. The van der Waals surface area contributed by atoms with Gasteiger partial charge in [0.05, 0.1) is 29.0 Å². The van der Waals surface area contributed by atoms with E-state index in [1.54, 1.807) is 12.0 Å². The van der Waals surface area contributed by atoms with Gasteiger partial charge < -0.3 is 20.3 Å². The molecule has 3 N–H and O–H groups in total. The van der Waals surface area contributed by atoms with Crippen LogP contribution < -0.4 is 10.6 Å². The zero-order valence-corrected chi connectivity index (χ0v) is 16.6. The minimum atomic E-state index is -0.492. The van der Waals surface area contributed by atoms with E-state index in [0.717, 1.165) is 12.8 Å². The summed E-state index contributed by atoms with van der Waals surface area (Å²) in [5.74, 6) is -0.282. The Balaban J connectivity index is 1.63. The lowest BCUT2D eigenvalue weighted by atomic mass is 9.92. The third-order valence-electron chi connectivity index (χ3n) is 4.95. The molecular formula is C19H24N6O5. The van der Waals surface area contributed by atoms with Gasteiger partial charge in [0.2, 0.25) is 0 Å². The Bertz CT molecular complexity index is 897. The molecular weight excluding hydrogens is 392 g/mol. The third-order valence-corrected chi connectivity index (χ3v) is 4.95. The zero-order valence-electron chi connectivity index (χ0n) is 16.6. The molecule has 0 radical (unpaired) electrons. The molecule has 2 aromatic rings. The van der Waals surface area contributed by atoms with E-state index in [1.807, 2.05) is 0 Å². The molecule has 0 bridgehead atoms. The number of carbonyl (C=O) groups is 2. The number of aromatic amines is 1. The number of urea groups is 1. The monoisotopic (exact) mass is 416 g/mol. The van der Waals surface area contributed by atoms with Gasteiger partial charge in [-0.1, -0.05) is 0 Å². The molecule has 1 aliphatic rings. The Morgan fingerprint density at radius 2 is 2.13 bits per heavy atom. The van der Waals surface area contributed by atoms with E-state index >= 15 is 0 Å². The third kappa shape index (κ3) is 5.11. The van der Waals surface area contributed by atoms with Crippen LogP contribution >= 0.6 is 0 Å². The first-order valence-electron chi connectivity index (χ1n) is 9.60. The molecule has 3 rings (SSSR count). The van der Waals surface area contributed by atoms with Crippen LogP contribution in [0, 0.1) is 10.1 Å². The Hall–Kier alpha value is -3.47. The summed E-state index contributed by atoms with van der Waals surface area (Å²) in [5, 5.41) is 23.2. The van der Waals surface area contributed by atoms with E-state index in [4.69, 9.17) is 4.74 Å². The summed E-state index contributed by atoms with van der Waals surface area (Å²) in [6.45, 7) is 1.82. The second kappa shape index (κ2) is 9.83. The van der Waals surface area contributed by atoms with Crippen molar-refractivity contribution < 1.29 is 19.2 Å². The van der Waals surface area contributed by atoms with Gasteiger partial charge in [-0.05, 0) is 25.0 Å². The molecule has 1 aromatic carbocycles. The highest BCUT2D eigenvalue weighted by Gasteiger charge is 2.29. The highest BCUT2D eigenvalue weighted by atomic mass is 16.6. The molecule has 0 spiro atoms. The van der Waals surface area contributed by atoms with Gasteiger partial charge >= 0.3 is 6.03 Å². The maximum absolute atomic E-state index is 12.7. The number of piperidine rings is 1. The standard InChI is InChI=1S/C19H24N6O5/c1-30-10-8-20-18(26)16-11-21-23-17(16)13-3-2-9-24(12-13)19(27)22-14-4-6-15(7-5-14)25(28)29/h4-7,11,13H,2-3,8-10,12H2,1H3,(H,20,26)(H,21,23)(H,22,27)/t13-/m0/s1. The van der Waals surface area contributed by atoms with Crippen molar-refractivity contribution in [3.05, 3.63) is 51.8 Å². The van der Waals surface area contributed by atoms with E-state index in [1.165, 1.54) is 30.5 Å². The molecule has 1 aliphatic heterocycles. The fourth-order valence-corrected chi connectivity index (χ4v) is 3.42. The molecule has 2 heterocycles. The highest BCUT2D eigenvalue weighted by Crippen LogP contribution is 2.28. The van der Waals surface area contributed by atoms with E-state index in [-0.39, 0.29) is 23.5 Å². The number of H-pyrrole nitrogens is 1. The molecule has 0 saturated carbocycles. The number of carbonyl (C=O) groups excluding carboxylic acids is 2. The van der Waals surface area contributed by atoms with Crippen molar-refractivity contribution in [2.24, 2.45) is 0 Å². The average Bonchev–Trinajstić information content (AvgIpc) is 3.24. The van der Waals surface area contributed by atoms with Crippen molar-refractivity contribution in [2.45, 2.75) is 18.8 Å². The van der Waals surface area contributed by atoms with Gasteiger partial charge in [-0.2, -0.15) is 5.10 Å². The molecule has 1 fully saturated rings. The molecule has 11 heteroatoms. The van der Waals surface area contributed by atoms with Crippen LogP contribution in [0.2, 0.25) is 0 Å². The molecule has 1 aromatic heterocycles. The Labute approximate surface area is 172 Å². The van der Waals surface area contributed by atoms with Crippen LogP contribution in [-0.4, -0.2) is 65.3 Å². The van der Waals surface area contributed by atoms with E-state index in [0.29, 0.717) is 43.2 Å². The number of amides is 3. The average molecular weight is 416 g/mol. The largest absolute Gasteiger partial charge is 0.383 e. The van der Waals surface area contributed by atoms with E-state index in [2.05, 4.69) is 20.8 Å². The van der Waals surface area contributed by atoms with Crippen molar-refractivity contribution in [3.63, 3.8) is 0 Å². The summed E-state index contributed by atoms with van der Waals surface area (Å²) in [6.07, 6.45) is 3.09. The fraction of sp³-hybridized carbons (Fsp3) is 0.421. The van der Waals surface area contributed by atoms with Crippen LogP contribution in [0.15, 0.2) is 30.5 Å². The van der Waals surface area contributed by atoms with Crippen LogP contribution in [0.5, 0.6) is 0 Å². The zero-order chi connectivity index (χ0) is 21.5. The van der Waals surface area contributed by atoms with Gasteiger partial charge in [0, 0.05) is 50.5 Å². The Morgan fingerprint density at radius 3 is 2.83 bits per heavy atom. The lowest BCUT2D eigenvalue weighted by Gasteiger charge is -2.32. The predicted octanol–water partition coefficient (Wildman–Crippen LogP) is 2.11. The topological polar surface area (TPSA) is 142 Å². The number of benzene rings is 1. The number of methoxy groups -OCH3 is 1. The van der Waals surface area contributed by atoms with Crippen LogP contribution in [0.3, 0.4) is 0 Å². The van der Waals surface area contributed by atoms with Crippen LogP contribution in [0.1, 0.15) is 34.8 Å². The van der Waals surface area contributed by atoms with Gasteiger partial charge in [0.25, 0.3) is 11.6 Å². The summed E-state index contributed by atoms with van der Waals surface area (Å²) in [7, 11) is 1.56. The number of nitro groups is 1. The summed E-state index contributed by atoms with van der Waals surface area (Å²) < 4.78 is 4.94. The number of likely N-dealkylation sites (tertiary alicyclic amines) is 1. The first kappa shape index (κ1) is 21.2. The quantitative estimate of drug-likeness (QED) is 0.358. The molecule has 1 saturated heterocycles. The number of nitrogens with zero attached hydrogens (tertiary/aromatic N) is 3. The van der Waals surface area contributed by atoms with Crippen molar-refractivity contribution in [2.75, 3.05) is 38.7 Å². The van der Waals surface area contributed by atoms with Crippen molar-refractivity contribution in [1.29, 1.82) is 0 Å². The number of hydrogen-bond donors (Lipinski definition) is 3. The first-order valence-corrected chi connectivity index (χ1v) is 9.60. The summed E-state index contributed by atoms with van der Waals surface area (Å²) in [6, 6.07) is 5.38. The van der Waals surface area contributed by atoms with Crippen LogP contribution in [-0.2, 0) is 4.74 Å². The number of nitro benzene ring substituents is 1. The smallest absolute Gasteiger partial charge is 0.321 e. The van der Waals surface area contributed by atoms with E-state index in [9.17, 15) is 19.7 Å². The molecule has 160 valence electrons. The molecule has 0 unspecified atom stereocenters. The van der Waals surface area contributed by atoms with Gasteiger partial charge in [-0.15, -0.1) is 0 Å². The lowest BCUT2D eigenvalue weighted by Crippen LogP contribution is -2.42. The van der Waals surface area contributed by atoms with Crippen molar-refractivity contribution >= 4 is 23.3 Å². The Kier molecular flexibility index (Phi) is 6.96. The number of hydrogen-bond acceptors (Lipinski definition) is 6. The molecule has 30 heavy (non-hydrogen) atoms. The maximum Gasteiger partial charge on any atom is 0.321 e. The normalized spacial score (nSPS) is 16.2. The number of anilines is 1. The molecule has 0 aliphatic carbocycles. The minimum Gasteiger partial charge on any atom is -0.383 e. The predicted molar refractivity (Wildman–Crippen MR) is 108 cm³/mol. The SMILES string of the molecule is COCCNC(=O)c1cn[nH]c1[C@H]1CCCN(C(=O)Nc2ccc([N+](=O)[O-])cc2)C1. The summed E-state index contributed by atoms with van der Waals surface area (Å²) >= 11 is 0. The minimum absolute atomic E-state index is 0.0402. The number of aromatic nitrogens is 2. The van der Waals surface area contributed by atoms with Crippen LogP contribution in [0.25, 0.3) is 0 Å². The summed E-state index contributed by atoms with van der Waals surface area (Å²) in [4.78, 5) is 37.0. The van der Waals surface area contributed by atoms with Gasteiger partial charge in [-0.25, -0.2) is 4.79 Å². The summed E-state index contributed by atoms with van der Waals surface area (Å²) in [5.41, 5.74) is 1.61. The van der Waals surface area contributed by atoms with Gasteiger partial charge in [-0.3, -0.25) is 20.0 Å². The van der Waals surface area contributed by atoms with Crippen molar-refractivity contribution in [1.82, 2.24) is 20.4 Å². The van der Waals surface area contributed by atoms with Gasteiger partial charge in [0.15, 0.2) is 0 Å². The van der Waals surface area contributed by atoms with Crippen LogP contribution in [0.4, 0.5) is 16.2 Å². The number of nitrogens with one attached hydrogen (secondary N) is 3. The lowest BCUT2D eigenvalue weighted by molar-refractivity contribution is -0.384. The molecule has 11 nitrogen and oxygen atoms in total. The first-order chi connectivity index (χ1) is 14.5. The number of rotatable bonds is 7. The molecule has 3 amide bonds. The maximum atomic E-state index is 12.7. The molecule has 1 atom stereocenters. The Morgan fingerprint density at radius 1 is 1.37 bits per heavy atom. The second-order valence-electron chi connectivity index (χ2n) is 6.97. The van der Waals surface area contributed by atoms with Gasteiger partial charge in [0.1, 0.15) is 0 Å². The second-order valence-corrected chi connectivity index (χ2v) is 6.97. The van der Waals surface area contributed by atoms with Crippen molar-refractivity contribution in [3.8, 4) is 0 Å². The highest BCUT2D eigenvalue weighted by molar-refractivity contribution is 5.95.